The summed E-state index contributed by atoms with van der Waals surface area (Å²) >= 11 is 2.26. The predicted octanol–water partition coefficient (Wildman–Crippen LogP) is 5.18. The monoisotopic (exact) mass is 485 g/mol. The van der Waals surface area contributed by atoms with Crippen LogP contribution in [0.4, 0.5) is 0 Å². The lowest BCUT2D eigenvalue weighted by Gasteiger charge is -2.19. The Hall–Kier alpha value is -0.820. The average molecular weight is 485 g/mol. The van der Waals surface area contributed by atoms with Crippen molar-refractivity contribution in [3.05, 3.63) is 56.8 Å². The number of hydrogen-bond acceptors (Lipinski definition) is 2. The minimum absolute atomic E-state index is 0.145. The number of hydrogen-bond donors (Lipinski definition) is 1. The number of nitrogens with one attached hydrogen (secondary N) is 1. The van der Waals surface area contributed by atoms with Crippen molar-refractivity contribution < 1.29 is 8.42 Å². The maximum Gasteiger partial charge on any atom is 0.232 e. The molecule has 2 atom stereocenters. The molecule has 1 N–H and O–H groups in total. The zero-order valence-electron chi connectivity index (χ0n) is 15.4. The summed E-state index contributed by atoms with van der Waals surface area (Å²) in [6.07, 6.45) is 11.9. The van der Waals surface area contributed by atoms with Crippen LogP contribution in [-0.2, 0) is 16.4 Å². The van der Waals surface area contributed by atoms with Crippen molar-refractivity contribution >= 4 is 32.6 Å². The summed E-state index contributed by atoms with van der Waals surface area (Å²) in [5.74, 6) is 1.21. The van der Waals surface area contributed by atoms with E-state index in [1.165, 1.54) is 28.4 Å². The number of halogens is 1. The van der Waals surface area contributed by atoms with Gasteiger partial charge in [0.2, 0.25) is 10.0 Å². The second-order valence-corrected chi connectivity index (χ2v) is 10.6. The summed E-state index contributed by atoms with van der Waals surface area (Å²) in [7, 11) is -3.28. The molecular weight excluding hydrogens is 457 g/mol. The molecule has 0 spiro atoms. The quantitative estimate of drug-likeness (QED) is 0.298. The molecule has 1 fully saturated rings. The van der Waals surface area contributed by atoms with Crippen LogP contribution in [0, 0.1) is 15.4 Å². The van der Waals surface area contributed by atoms with Crippen molar-refractivity contribution in [3.8, 4) is 0 Å². The first-order chi connectivity index (χ1) is 12.5. The standard InChI is InChI=1S/C21H28INO2S/c1-2-3-4-5-6-18-13-17-14-20(18)21(15-17)23-26(24,25)12-11-16-7-9-19(22)10-8-16/h5-10,17-18,23H,2-4,11-15H2,1H3. The first kappa shape index (κ1) is 19.9. The van der Waals surface area contributed by atoms with E-state index in [0.29, 0.717) is 18.3 Å². The van der Waals surface area contributed by atoms with Crippen molar-refractivity contribution in [2.45, 2.75) is 51.9 Å². The van der Waals surface area contributed by atoms with Gasteiger partial charge in [0.15, 0.2) is 0 Å². The van der Waals surface area contributed by atoms with Gasteiger partial charge in [0, 0.05) is 15.2 Å². The molecule has 3 nitrogen and oxygen atoms in total. The highest BCUT2D eigenvalue weighted by Crippen LogP contribution is 2.47. The van der Waals surface area contributed by atoms with Crippen molar-refractivity contribution in [2.75, 3.05) is 5.75 Å². The number of allylic oxidation sites excluding steroid dienone is 4. The Labute approximate surface area is 171 Å². The van der Waals surface area contributed by atoms with Crippen LogP contribution in [0.3, 0.4) is 0 Å². The van der Waals surface area contributed by atoms with Gasteiger partial charge in [-0.25, -0.2) is 8.42 Å². The lowest BCUT2D eigenvalue weighted by molar-refractivity contribution is 0.514. The Bertz CT molecular complexity index is 781. The van der Waals surface area contributed by atoms with E-state index in [2.05, 4.69) is 46.4 Å². The van der Waals surface area contributed by atoms with E-state index >= 15 is 0 Å². The smallest absolute Gasteiger partial charge is 0.232 e. The van der Waals surface area contributed by atoms with Gasteiger partial charge in [-0.1, -0.05) is 44.1 Å². The Kier molecular flexibility index (Phi) is 6.83. The molecule has 26 heavy (non-hydrogen) atoms. The molecule has 0 saturated heterocycles. The number of sulfonamides is 1. The van der Waals surface area contributed by atoms with Crippen LogP contribution in [0.1, 0.15) is 51.0 Å². The normalized spacial score (nSPS) is 22.5. The first-order valence-corrected chi connectivity index (χ1v) is 12.3. The molecule has 142 valence electrons. The number of rotatable bonds is 9. The van der Waals surface area contributed by atoms with Crippen LogP contribution in [0.25, 0.3) is 0 Å². The maximum absolute atomic E-state index is 12.5. The van der Waals surface area contributed by atoms with Gasteiger partial charge in [0.05, 0.1) is 5.75 Å². The van der Waals surface area contributed by atoms with Crippen LogP contribution in [0.2, 0.25) is 0 Å². The fourth-order valence-electron chi connectivity index (χ4n) is 4.00. The molecular formula is C21H28INO2S. The van der Waals surface area contributed by atoms with Crippen LogP contribution in [0.15, 0.2) is 47.7 Å². The molecule has 0 heterocycles. The topological polar surface area (TPSA) is 46.2 Å². The van der Waals surface area contributed by atoms with Crippen molar-refractivity contribution in [2.24, 2.45) is 11.8 Å². The van der Waals surface area contributed by atoms with Crippen molar-refractivity contribution in [1.82, 2.24) is 4.72 Å². The van der Waals surface area contributed by atoms with E-state index in [0.717, 1.165) is 30.5 Å². The molecule has 2 aliphatic carbocycles. The number of unbranched alkanes of at least 4 members (excludes halogenated alkanes) is 2. The summed E-state index contributed by atoms with van der Waals surface area (Å²) in [6, 6.07) is 8.06. The molecule has 3 rings (SSSR count). The van der Waals surface area contributed by atoms with Gasteiger partial charge in [0.1, 0.15) is 0 Å². The van der Waals surface area contributed by atoms with Gasteiger partial charge in [-0.15, -0.1) is 0 Å². The minimum Gasteiger partial charge on any atom is -0.287 e. The largest absolute Gasteiger partial charge is 0.287 e. The average Bonchev–Trinajstić information content (AvgIpc) is 3.18. The zero-order valence-corrected chi connectivity index (χ0v) is 18.4. The van der Waals surface area contributed by atoms with Gasteiger partial charge < -0.3 is 0 Å². The van der Waals surface area contributed by atoms with E-state index in [1.54, 1.807) is 0 Å². The third-order valence-corrected chi connectivity index (χ3v) is 7.39. The third kappa shape index (κ3) is 5.35. The number of fused-ring (bicyclic) bond motifs is 2. The van der Waals surface area contributed by atoms with Crippen LogP contribution in [0.5, 0.6) is 0 Å². The predicted molar refractivity (Wildman–Crippen MR) is 116 cm³/mol. The van der Waals surface area contributed by atoms with Crippen molar-refractivity contribution in [3.63, 3.8) is 0 Å². The number of aryl methyl sites for hydroxylation is 1. The third-order valence-electron chi connectivity index (χ3n) is 5.37. The molecule has 0 aliphatic heterocycles. The second kappa shape index (κ2) is 8.91. The molecule has 0 amide bonds. The molecule has 2 bridgehead atoms. The van der Waals surface area contributed by atoms with E-state index in [-0.39, 0.29) is 5.75 Å². The number of benzene rings is 1. The summed E-state index contributed by atoms with van der Waals surface area (Å²) in [4.78, 5) is 0. The van der Waals surface area contributed by atoms with E-state index in [1.807, 2.05) is 24.3 Å². The maximum atomic E-state index is 12.5. The van der Waals surface area contributed by atoms with E-state index in [9.17, 15) is 8.42 Å². The molecule has 5 heteroatoms. The van der Waals surface area contributed by atoms with E-state index in [4.69, 9.17) is 0 Å². The van der Waals surface area contributed by atoms with Crippen LogP contribution in [-0.4, -0.2) is 14.2 Å². The highest BCUT2D eigenvalue weighted by molar-refractivity contribution is 14.1. The Morgan fingerprint density at radius 3 is 2.69 bits per heavy atom. The summed E-state index contributed by atoms with van der Waals surface area (Å²) in [6.45, 7) is 2.21. The Morgan fingerprint density at radius 2 is 2.00 bits per heavy atom. The lowest BCUT2D eigenvalue weighted by atomic mass is 9.93. The summed E-state index contributed by atoms with van der Waals surface area (Å²) in [5, 5.41) is 0. The molecule has 1 aromatic carbocycles. The Balaban J connectivity index is 1.59. The fraction of sp³-hybridized carbons (Fsp3) is 0.524. The molecule has 2 unspecified atom stereocenters. The molecule has 1 aromatic rings. The first-order valence-electron chi connectivity index (χ1n) is 9.60. The molecule has 1 saturated carbocycles. The fourth-order valence-corrected chi connectivity index (χ4v) is 5.55. The van der Waals surface area contributed by atoms with Crippen molar-refractivity contribution in [1.29, 1.82) is 0 Å². The van der Waals surface area contributed by atoms with Gasteiger partial charge in [-0.05, 0) is 83.9 Å². The zero-order chi connectivity index (χ0) is 18.6. The summed E-state index contributed by atoms with van der Waals surface area (Å²) in [5.41, 5.74) is 3.38. The van der Waals surface area contributed by atoms with Gasteiger partial charge in [0.25, 0.3) is 0 Å². The highest BCUT2D eigenvalue weighted by Gasteiger charge is 2.37. The molecule has 2 aliphatic rings. The minimum atomic E-state index is -3.28. The summed E-state index contributed by atoms with van der Waals surface area (Å²) < 4.78 is 29.2. The van der Waals surface area contributed by atoms with Crippen LogP contribution >= 0.6 is 22.6 Å². The SMILES string of the molecule is CCCCC=CC1CC2CC(NS(=O)(=O)CCc3ccc(I)cc3)=C1C2. The van der Waals surface area contributed by atoms with Gasteiger partial charge in [-0.2, -0.15) is 0 Å². The second-order valence-electron chi connectivity index (χ2n) is 7.49. The highest BCUT2D eigenvalue weighted by atomic mass is 127. The van der Waals surface area contributed by atoms with Gasteiger partial charge >= 0.3 is 0 Å². The van der Waals surface area contributed by atoms with E-state index < -0.39 is 10.0 Å². The molecule has 0 radical (unpaired) electrons. The lowest BCUT2D eigenvalue weighted by Crippen LogP contribution is -2.28. The Morgan fingerprint density at radius 1 is 1.23 bits per heavy atom. The van der Waals surface area contributed by atoms with Crippen LogP contribution < -0.4 is 4.72 Å². The molecule has 0 aromatic heterocycles. The van der Waals surface area contributed by atoms with Gasteiger partial charge in [-0.3, -0.25) is 4.72 Å².